The van der Waals surface area contributed by atoms with E-state index in [9.17, 15) is 13.2 Å². The van der Waals surface area contributed by atoms with Gasteiger partial charge in [-0.2, -0.15) is 9.29 Å². The van der Waals surface area contributed by atoms with Crippen LogP contribution in [-0.2, 0) is 21.4 Å². The summed E-state index contributed by atoms with van der Waals surface area (Å²) < 4.78 is 32.8. The summed E-state index contributed by atoms with van der Waals surface area (Å²) >= 11 is 1.11. The third kappa shape index (κ3) is 4.42. The lowest BCUT2D eigenvalue weighted by molar-refractivity contribution is -0.126. The number of thiophene rings is 1. The second-order valence-electron chi connectivity index (χ2n) is 7.03. The minimum atomic E-state index is -3.70. The number of carbonyl (C=O) groups excluding carboxylic acids is 1. The van der Waals surface area contributed by atoms with Crippen LogP contribution < -0.4 is 5.32 Å². The molecule has 11 heteroatoms. The summed E-state index contributed by atoms with van der Waals surface area (Å²) in [7, 11) is -3.70. The standard InChI is InChI=1S/C19H21N5O4S2/c1-13-22-18(23-28-13)15-9-17(29-12-15)30(26,27)24-8-4-5-14(11-24)19(25)21-10-16-6-2-3-7-20-16/h2-3,6-7,9,12,14H,4-5,8,10-11H2,1H3,(H,21,25). The SMILES string of the molecule is Cc1nc(-c2csc(S(=O)(=O)N3CCCC(C(=O)NCc4ccccn4)C3)c2)no1. The van der Waals surface area contributed by atoms with E-state index >= 15 is 0 Å². The predicted octanol–water partition coefficient (Wildman–Crippen LogP) is 2.22. The molecule has 1 fully saturated rings. The van der Waals surface area contributed by atoms with E-state index in [4.69, 9.17) is 4.52 Å². The highest BCUT2D eigenvalue weighted by Gasteiger charge is 2.34. The first-order valence-corrected chi connectivity index (χ1v) is 11.8. The molecule has 1 aliphatic heterocycles. The van der Waals surface area contributed by atoms with Crippen LogP contribution in [0.25, 0.3) is 11.4 Å². The number of nitrogens with one attached hydrogen (secondary N) is 1. The van der Waals surface area contributed by atoms with Crippen LogP contribution in [0.5, 0.6) is 0 Å². The van der Waals surface area contributed by atoms with Crippen LogP contribution in [0.1, 0.15) is 24.4 Å². The van der Waals surface area contributed by atoms with Gasteiger partial charge in [-0.3, -0.25) is 9.78 Å². The molecule has 1 aliphatic rings. The molecule has 1 saturated heterocycles. The van der Waals surface area contributed by atoms with Gasteiger partial charge in [-0.05, 0) is 31.0 Å². The molecule has 1 N–H and O–H groups in total. The smallest absolute Gasteiger partial charge is 0.252 e. The molecule has 0 radical (unpaired) electrons. The van der Waals surface area contributed by atoms with Crippen molar-refractivity contribution in [1.82, 2.24) is 24.7 Å². The Morgan fingerprint density at radius 2 is 2.27 bits per heavy atom. The lowest BCUT2D eigenvalue weighted by Gasteiger charge is -2.30. The van der Waals surface area contributed by atoms with Crippen LogP contribution in [0.3, 0.4) is 0 Å². The zero-order valence-electron chi connectivity index (χ0n) is 16.3. The number of aromatic nitrogens is 3. The van der Waals surface area contributed by atoms with E-state index in [2.05, 4.69) is 20.4 Å². The molecule has 30 heavy (non-hydrogen) atoms. The molecule has 0 saturated carbocycles. The number of pyridine rings is 1. The van der Waals surface area contributed by atoms with Gasteiger partial charge in [0, 0.05) is 37.2 Å². The number of rotatable bonds is 6. The van der Waals surface area contributed by atoms with E-state index in [1.54, 1.807) is 24.6 Å². The van der Waals surface area contributed by atoms with Gasteiger partial charge in [0.25, 0.3) is 10.0 Å². The summed E-state index contributed by atoms with van der Waals surface area (Å²) in [4.78, 5) is 20.9. The van der Waals surface area contributed by atoms with Crippen molar-refractivity contribution in [2.75, 3.05) is 13.1 Å². The van der Waals surface area contributed by atoms with Gasteiger partial charge in [-0.25, -0.2) is 8.42 Å². The molecule has 0 spiro atoms. The second kappa shape index (κ2) is 8.62. The predicted molar refractivity (Wildman–Crippen MR) is 110 cm³/mol. The zero-order valence-corrected chi connectivity index (χ0v) is 17.9. The van der Waals surface area contributed by atoms with E-state index in [0.29, 0.717) is 43.2 Å². The summed E-state index contributed by atoms with van der Waals surface area (Å²) in [6.45, 7) is 2.54. The molecule has 0 aliphatic carbocycles. The van der Waals surface area contributed by atoms with Crippen LogP contribution in [-0.4, -0.2) is 46.8 Å². The maximum Gasteiger partial charge on any atom is 0.252 e. The van der Waals surface area contributed by atoms with Crippen molar-refractivity contribution in [3.63, 3.8) is 0 Å². The largest absolute Gasteiger partial charge is 0.350 e. The maximum absolute atomic E-state index is 13.1. The Labute approximate surface area is 178 Å². The Bertz CT molecular complexity index is 1130. The van der Waals surface area contributed by atoms with Gasteiger partial charge in [0.2, 0.25) is 17.6 Å². The topological polar surface area (TPSA) is 118 Å². The second-order valence-corrected chi connectivity index (χ2v) is 10.1. The highest BCUT2D eigenvalue weighted by Crippen LogP contribution is 2.31. The molecule has 0 aromatic carbocycles. The van der Waals surface area contributed by atoms with Gasteiger partial charge < -0.3 is 9.84 Å². The van der Waals surface area contributed by atoms with Gasteiger partial charge in [0.1, 0.15) is 4.21 Å². The van der Waals surface area contributed by atoms with Crippen molar-refractivity contribution in [3.8, 4) is 11.4 Å². The first-order valence-electron chi connectivity index (χ1n) is 9.50. The van der Waals surface area contributed by atoms with Crippen molar-refractivity contribution < 1.29 is 17.7 Å². The molecule has 9 nitrogen and oxygen atoms in total. The molecule has 1 amide bonds. The number of amides is 1. The van der Waals surface area contributed by atoms with Crippen LogP contribution in [0.15, 0.2) is 44.6 Å². The average molecular weight is 448 g/mol. The van der Waals surface area contributed by atoms with Gasteiger partial charge in [0.05, 0.1) is 18.2 Å². The summed E-state index contributed by atoms with van der Waals surface area (Å²) in [5.41, 5.74) is 1.35. The molecule has 1 unspecified atom stereocenters. The third-order valence-corrected chi connectivity index (χ3v) is 8.16. The minimum Gasteiger partial charge on any atom is -0.350 e. The summed E-state index contributed by atoms with van der Waals surface area (Å²) in [5.74, 6) is 0.220. The van der Waals surface area contributed by atoms with Gasteiger partial charge in [-0.15, -0.1) is 11.3 Å². The highest BCUT2D eigenvalue weighted by molar-refractivity contribution is 7.91. The number of hydrogen-bond acceptors (Lipinski definition) is 8. The molecule has 3 aromatic rings. The minimum absolute atomic E-state index is 0.158. The van der Waals surface area contributed by atoms with Crippen LogP contribution in [0, 0.1) is 12.8 Å². The highest BCUT2D eigenvalue weighted by atomic mass is 32.2. The lowest BCUT2D eigenvalue weighted by Crippen LogP contribution is -2.45. The van der Waals surface area contributed by atoms with Crippen LogP contribution in [0.2, 0.25) is 0 Å². The Kier molecular flexibility index (Phi) is 5.93. The lowest BCUT2D eigenvalue weighted by atomic mass is 9.99. The Hall–Kier alpha value is -2.63. The normalized spacial score (nSPS) is 17.7. The number of sulfonamides is 1. The van der Waals surface area contributed by atoms with E-state index in [1.165, 1.54) is 4.31 Å². The molecular formula is C19H21N5O4S2. The number of piperidine rings is 1. The summed E-state index contributed by atoms with van der Waals surface area (Å²) in [5, 5.41) is 8.38. The summed E-state index contributed by atoms with van der Waals surface area (Å²) in [6, 6.07) is 7.05. The Morgan fingerprint density at radius 3 is 3.00 bits per heavy atom. The average Bonchev–Trinajstić information content (AvgIpc) is 3.42. The van der Waals surface area contributed by atoms with E-state index in [1.807, 2.05) is 18.2 Å². The van der Waals surface area contributed by atoms with Crippen molar-refractivity contribution in [1.29, 1.82) is 0 Å². The number of carbonyl (C=O) groups is 1. The van der Waals surface area contributed by atoms with Gasteiger partial charge in [-0.1, -0.05) is 11.2 Å². The fourth-order valence-corrected chi connectivity index (χ4v) is 6.15. The molecule has 4 rings (SSSR count). The van der Waals surface area contributed by atoms with Crippen molar-refractivity contribution in [2.24, 2.45) is 5.92 Å². The van der Waals surface area contributed by atoms with Crippen molar-refractivity contribution in [2.45, 2.75) is 30.5 Å². The number of nitrogens with zero attached hydrogens (tertiary/aromatic N) is 4. The Balaban J connectivity index is 1.43. The molecule has 1 atom stereocenters. The first kappa shape index (κ1) is 20.6. The fraction of sp³-hybridized carbons (Fsp3) is 0.368. The number of hydrogen-bond donors (Lipinski definition) is 1. The molecule has 3 aromatic heterocycles. The molecule has 0 bridgehead atoms. The molecule has 158 valence electrons. The zero-order chi connectivity index (χ0) is 21.1. The van der Waals surface area contributed by atoms with Crippen molar-refractivity contribution in [3.05, 3.63) is 47.4 Å². The van der Waals surface area contributed by atoms with Crippen molar-refractivity contribution >= 4 is 27.3 Å². The quantitative estimate of drug-likeness (QED) is 0.615. The first-order chi connectivity index (χ1) is 14.4. The third-order valence-electron chi connectivity index (χ3n) is 4.88. The number of aryl methyl sites for hydroxylation is 1. The van der Waals surface area contributed by atoms with E-state index in [-0.39, 0.29) is 16.7 Å². The van der Waals surface area contributed by atoms with Crippen LogP contribution >= 0.6 is 11.3 Å². The Morgan fingerprint density at radius 1 is 1.40 bits per heavy atom. The van der Waals surface area contributed by atoms with Crippen LogP contribution in [0.4, 0.5) is 0 Å². The van der Waals surface area contributed by atoms with Gasteiger partial charge in [0.15, 0.2) is 0 Å². The van der Waals surface area contributed by atoms with E-state index < -0.39 is 15.9 Å². The van der Waals surface area contributed by atoms with Gasteiger partial charge >= 0.3 is 0 Å². The summed E-state index contributed by atoms with van der Waals surface area (Å²) in [6.07, 6.45) is 2.95. The van der Waals surface area contributed by atoms with E-state index in [0.717, 1.165) is 17.0 Å². The molecular weight excluding hydrogens is 426 g/mol. The molecule has 4 heterocycles. The maximum atomic E-state index is 13.1. The monoisotopic (exact) mass is 447 g/mol. The fourth-order valence-electron chi connectivity index (χ4n) is 3.31.